The number of carbonyl (C=O) groups excluding carboxylic acids is 5. The van der Waals surface area contributed by atoms with Crippen LogP contribution in [-0.4, -0.2) is 98.0 Å². The number of likely N-dealkylation sites (tertiary alicyclic amines) is 2. The van der Waals surface area contributed by atoms with Crippen molar-refractivity contribution < 1.29 is 33.4 Å². The molecule has 0 radical (unpaired) electrons. The largest absolute Gasteiger partial charge is 0.453 e. The summed E-state index contributed by atoms with van der Waals surface area (Å²) in [7, 11) is 1.28. The fraction of sp³-hybridized carbons (Fsp3) is 0.419. The first-order valence-corrected chi connectivity index (χ1v) is 21.1. The first kappa shape index (κ1) is 41.9. The molecule has 7 rings (SSSR count). The average molecular weight is 838 g/mol. The van der Waals surface area contributed by atoms with Gasteiger partial charge in [-0.2, -0.15) is 0 Å². The van der Waals surface area contributed by atoms with Gasteiger partial charge in [-0.25, -0.2) is 19.6 Å². The lowest BCUT2D eigenvalue weighted by Gasteiger charge is -2.30. The minimum atomic E-state index is -1.01. The third kappa shape index (κ3) is 9.30. The molecule has 2 fully saturated rings. The maximum Gasteiger partial charge on any atom is 0.408 e. The normalized spacial score (nSPS) is 17.5. The predicted octanol–water partition coefficient (Wildman–Crippen LogP) is 6.55. The fourth-order valence-electron chi connectivity index (χ4n) is 7.66. The van der Waals surface area contributed by atoms with Crippen LogP contribution < -0.4 is 16.0 Å². The minimum Gasteiger partial charge on any atom is -0.453 e. The van der Waals surface area contributed by atoms with Crippen molar-refractivity contribution in [2.45, 2.75) is 77.5 Å². The Labute approximate surface area is 352 Å². The quantitative estimate of drug-likeness (QED) is 0.102. The number of alkyl carbamates (subject to hydrolysis) is 2. The Kier molecular flexibility index (Phi) is 12.8. The lowest BCUT2D eigenvalue weighted by Crippen LogP contribution is -2.51. The van der Waals surface area contributed by atoms with Crippen molar-refractivity contribution in [2.75, 3.05) is 32.1 Å². The highest BCUT2D eigenvalue weighted by Crippen LogP contribution is 2.35. The smallest absolute Gasteiger partial charge is 0.408 e. The number of nitrogens with zero attached hydrogens (tertiary/aromatic N) is 5. The second-order valence-corrected chi connectivity index (χ2v) is 16.9. The van der Waals surface area contributed by atoms with E-state index < -0.39 is 30.3 Å². The number of aromatic amines is 1. The SMILES string of the molecule is COC(=O)N[C@H](C(=O)N1CCC[C@H]1c1ncc(-c2ccc(-c3cn4cc(NC(=O)[C@@H]5CCCN5C(=O)[C@H](NC(=O)OCC(C)C)c5ccccc5)nc4s3)cc2)[nH]1)C(C)C. The summed E-state index contributed by atoms with van der Waals surface area (Å²) in [5, 5.41) is 8.31. The Balaban J connectivity index is 0.986. The molecular weight excluding hydrogens is 787 g/mol. The first-order chi connectivity index (χ1) is 28.9. The molecule has 5 amide bonds. The molecule has 17 heteroatoms. The van der Waals surface area contributed by atoms with E-state index in [1.807, 2.05) is 68.6 Å². The summed E-state index contributed by atoms with van der Waals surface area (Å²) in [5.41, 5.74) is 3.34. The van der Waals surface area contributed by atoms with E-state index in [4.69, 9.17) is 9.47 Å². The third-order valence-electron chi connectivity index (χ3n) is 10.8. The summed E-state index contributed by atoms with van der Waals surface area (Å²) in [6.45, 7) is 8.80. The van der Waals surface area contributed by atoms with Gasteiger partial charge in [0, 0.05) is 19.3 Å². The summed E-state index contributed by atoms with van der Waals surface area (Å²) >= 11 is 1.48. The molecule has 60 heavy (non-hydrogen) atoms. The van der Waals surface area contributed by atoms with Crippen LogP contribution in [0, 0.1) is 11.8 Å². The first-order valence-electron chi connectivity index (χ1n) is 20.3. The molecule has 0 saturated carbocycles. The maximum atomic E-state index is 13.9. The number of ether oxygens (including phenoxy) is 2. The zero-order chi connectivity index (χ0) is 42.5. The van der Waals surface area contributed by atoms with Crippen molar-refractivity contribution in [1.29, 1.82) is 0 Å². The number of H-pyrrole nitrogens is 1. The van der Waals surface area contributed by atoms with Crippen molar-refractivity contribution >= 4 is 52.0 Å². The van der Waals surface area contributed by atoms with Crippen LogP contribution >= 0.6 is 11.3 Å². The second-order valence-electron chi connectivity index (χ2n) is 15.9. The number of thiazole rings is 1. The number of rotatable bonds is 13. The molecule has 316 valence electrons. The Morgan fingerprint density at radius 1 is 0.867 bits per heavy atom. The van der Waals surface area contributed by atoms with Crippen LogP contribution in [0.15, 0.2) is 73.2 Å². The van der Waals surface area contributed by atoms with Crippen molar-refractivity contribution in [2.24, 2.45) is 11.8 Å². The fourth-order valence-corrected chi connectivity index (χ4v) is 8.63. The maximum absolute atomic E-state index is 13.9. The number of hydrogen-bond acceptors (Lipinski definition) is 10. The number of benzene rings is 2. The van der Waals surface area contributed by atoms with Gasteiger partial charge in [0.25, 0.3) is 5.91 Å². The average Bonchev–Trinajstić information content (AvgIpc) is 4.09. The molecule has 0 bridgehead atoms. The molecule has 2 saturated heterocycles. The minimum absolute atomic E-state index is 0.121. The van der Waals surface area contributed by atoms with Gasteiger partial charge in [0.1, 0.15) is 23.9 Å². The number of methoxy groups -OCH3 is 1. The van der Waals surface area contributed by atoms with Crippen LogP contribution in [0.5, 0.6) is 0 Å². The van der Waals surface area contributed by atoms with Gasteiger partial charge in [-0.15, -0.1) is 0 Å². The van der Waals surface area contributed by atoms with Gasteiger partial charge in [-0.1, -0.05) is 93.6 Å². The molecule has 2 aromatic carbocycles. The molecule has 5 heterocycles. The third-order valence-corrected chi connectivity index (χ3v) is 11.8. The molecule has 3 aromatic heterocycles. The molecule has 16 nitrogen and oxygen atoms in total. The summed E-state index contributed by atoms with van der Waals surface area (Å²) < 4.78 is 11.9. The van der Waals surface area contributed by atoms with E-state index in [0.29, 0.717) is 48.1 Å². The molecule has 2 aliphatic rings. The zero-order valence-corrected chi connectivity index (χ0v) is 35.2. The predicted molar refractivity (Wildman–Crippen MR) is 226 cm³/mol. The van der Waals surface area contributed by atoms with Gasteiger partial charge in [0.15, 0.2) is 10.8 Å². The van der Waals surface area contributed by atoms with Gasteiger partial charge in [-0.3, -0.25) is 18.8 Å². The van der Waals surface area contributed by atoms with Crippen LogP contribution in [0.25, 0.3) is 26.7 Å². The molecular formula is C43H51N9O7S. The lowest BCUT2D eigenvalue weighted by atomic mass is 10.0. The summed E-state index contributed by atoms with van der Waals surface area (Å²) in [6.07, 6.45) is 6.86. The van der Waals surface area contributed by atoms with Crippen molar-refractivity contribution in [3.63, 3.8) is 0 Å². The van der Waals surface area contributed by atoms with Crippen LogP contribution in [-0.2, 0) is 23.9 Å². The highest BCUT2D eigenvalue weighted by atomic mass is 32.1. The van der Waals surface area contributed by atoms with Crippen LogP contribution in [0.4, 0.5) is 15.4 Å². The Hall–Kier alpha value is -6.23. The molecule has 0 spiro atoms. The molecule has 0 unspecified atom stereocenters. The number of amides is 5. The molecule has 0 aliphatic carbocycles. The van der Waals surface area contributed by atoms with Gasteiger partial charge >= 0.3 is 12.2 Å². The van der Waals surface area contributed by atoms with E-state index in [9.17, 15) is 24.0 Å². The number of carbonyl (C=O) groups is 5. The zero-order valence-electron chi connectivity index (χ0n) is 34.3. The Morgan fingerprint density at radius 2 is 1.58 bits per heavy atom. The number of anilines is 1. The van der Waals surface area contributed by atoms with Crippen LogP contribution in [0.1, 0.15) is 76.8 Å². The summed E-state index contributed by atoms with van der Waals surface area (Å²) in [4.78, 5) is 83.5. The van der Waals surface area contributed by atoms with E-state index >= 15 is 0 Å². The van der Waals surface area contributed by atoms with Crippen LogP contribution in [0.3, 0.4) is 0 Å². The monoisotopic (exact) mass is 837 g/mol. The highest BCUT2D eigenvalue weighted by Gasteiger charge is 2.40. The van der Waals surface area contributed by atoms with E-state index in [0.717, 1.165) is 34.5 Å². The topological polar surface area (TPSA) is 192 Å². The molecule has 4 atom stereocenters. The number of aromatic nitrogens is 4. The number of nitrogens with one attached hydrogen (secondary N) is 4. The Morgan fingerprint density at radius 3 is 2.28 bits per heavy atom. The standard InChI is InChI=1S/C43H51N9O7S/c1-25(2)24-59-43(57)49-36(29-11-7-6-8-12-29)40(55)52-20-10-14-32(52)38(53)46-34-23-50-22-33(60-41(50)47-34)28-17-15-27(16-18-28)30-21-44-37(45-30)31-13-9-19-51(31)39(54)35(26(3)4)48-42(56)58-5/h6-8,11-12,15-18,21-23,25-26,31-32,35-36H,9-10,13-14,19-20,24H2,1-5H3,(H,44,45)(H,46,53)(H,48,56)(H,49,57)/t31-,32-,35-,36+/m0/s1. The number of hydrogen-bond donors (Lipinski definition) is 4. The van der Waals surface area contributed by atoms with Crippen molar-refractivity contribution in [3.05, 3.63) is 84.6 Å². The summed E-state index contributed by atoms with van der Waals surface area (Å²) in [6, 6.07) is 14.3. The Bertz CT molecular complexity index is 2290. The summed E-state index contributed by atoms with van der Waals surface area (Å²) in [5.74, 6) is 0.197. The van der Waals surface area contributed by atoms with E-state index in [-0.39, 0.29) is 42.2 Å². The van der Waals surface area contributed by atoms with E-state index in [2.05, 4.69) is 30.9 Å². The van der Waals surface area contributed by atoms with Crippen molar-refractivity contribution in [1.82, 2.24) is 39.8 Å². The second kappa shape index (κ2) is 18.4. The highest BCUT2D eigenvalue weighted by molar-refractivity contribution is 7.20. The van der Waals surface area contributed by atoms with Gasteiger partial charge < -0.3 is 40.2 Å². The number of fused-ring (bicyclic) bond motifs is 1. The lowest BCUT2D eigenvalue weighted by molar-refractivity contribution is -0.138. The molecule has 4 N–H and O–H groups in total. The molecule has 5 aromatic rings. The van der Waals surface area contributed by atoms with Gasteiger partial charge in [0.05, 0.1) is 42.7 Å². The molecule has 2 aliphatic heterocycles. The van der Waals surface area contributed by atoms with E-state index in [1.54, 1.807) is 41.6 Å². The van der Waals surface area contributed by atoms with Crippen LogP contribution in [0.2, 0.25) is 0 Å². The number of imidazole rings is 2. The van der Waals surface area contributed by atoms with E-state index in [1.165, 1.54) is 23.3 Å². The van der Waals surface area contributed by atoms with Gasteiger partial charge in [0.2, 0.25) is 11.8 Å². The van der Waals surface area contributed by atoms with Crippen molar-refractivity contribution in [3.8, 4) is 21.7 Å². The van der Waals surface area contributed by atoms with Gasteiger partial charge in [-0.05, 0) is 54.2 Å².